The molecule has 0 radical (unpaired) electrons. The lowest BCUT2D eigenvalue weighted by atomic mass is 9.75. The van der Waals surface area contributed by atoms with Gasteiger partial charge in [0.25, 0.3) is 0 Å². The molecule has 2 heterocycles. The first-order valence-electron chi connectivity index (χ1n) is 12.0. The number of hydrogen-bond acceptors (Lipinski definition) is 0. The maximum absolute atomic E-state index is 2.48. The Labute approximate surface area is 199 Å². The largest absolute Gasteiger partial charge is 0.309 e. The molecule has 0 fully saturated rings. The first kappa shape index (κ1) is 19.4. The lowest BCUT2D eigenvalue weighted by molar-refractivity contribution is 0.630. The number of fused-ring (bicyclic) bond motifs is 5. The van der Waals surface area contributed by atoms with Crippen LogP contribution in [-0.2, 0) is 5.41 Å². The number of rotatable bonds is 2. The molecule has 1 aromatic heterocycles. The molecule has 34 heavy (non-hydrogen) atoms. The highest BCUT2D eigenvalue weighted by molar-refractivity contribution is 6.12. The van der Waals surface area contributed by atoms with Crippen molar-refractivity contribution in [3.63, 3.8) is 0 Å². The van der Waals surface area contributed by atoms with Gasteiger partial charge in [0.1, 0.15) is 0 Å². The lowest BCUT2D eigenvalue weighted by Gasteiger charge is -2.34. The Balaban J connectivity index is 1.45. The summed E-state index contributed by atoms with van der Waals surface area (Å²) in [6.45, 7) is 4.70. The summed E-state index contributed by atoms with van der Waals surface area (Å²) in [4.78, 5) is 0. The molecule has 0 bridgehead atoms. The second-order valence-electron chi connectivity index (χ2n) is 9.85. The van der Waals surface area contributed by atoms with Crippen LogP contribution in [0.3, 0.4) is 0 Å². The normalized spacial score (nSPS) is 13.8. The van der Waals surface area contributed by atoms with E-state index in [0.717, 1.165) is 0 Å². The van der Waals surface area contributed by atoms with Crippen LogP contribution in [-0.4, -0.2) is 4.57 Å². The first-order valence-corrected chi connectivity index (χ1v) is 12.0. The fourth-order valence-corrected chi connectivity index (χ4v) is 5.83. The van der Waals surface area contributed by atoms with Crippen molar-refractivity contribution in [3.05, 3.63) is 126 Å². The van der Waals surface area contributed by atoms with E-state index < -0.39 is 0 Å². The summed E-state index contributed by atoms with van der Waals surface area (Å²) in [5, 5.41) is 2.65. The third kappa shape index (κ3) is 2.61. The minimum atomic E-state index is -0.0312. The molecule has 6 aromatic rings. The zero-order valence-electron chi connectivity index (χ0n) is 19.4. The minimum Gasteiger partial charge on any atom is -0.309 e. The maximum atomic E-state index is 2.48. The van der Waals surface area contributed by atoms with Crippen molar-refractivity contribution in [1.29, 1.82) is 0 Å². The molecule has 1 aliphatic rings. The number of hydrogen-bond donors (Lipinski definition) is 0. The molecular formula is C33H25N. The third-order valence-corrected chi connectivity index (χ3v) is 7.60. The Bertz CT molecular complexity index is 1700. The van der Waals surface area contributed by atoms with Crippen molar-refractivity contribution in [2.45, 2.75) is 19.3 Å². The van der Waals surface area contributed by atoms with Crippen molar-refractivity contribution in [3.8, 4) is 27.9 Å². The molecule has 5 aromatic carbocycles. The SMILES string of the molecule is CC1(C)c2ccccc2-n2c3ccc(-c4ccc(-c5ccccc5)cc4)cc3c3cccc1c32. The lowest BCUT2D eigenvalue weighted by Crippen LogP contribution is -2.26. The predicted molar refractivity (Wildman–Crippen MR) is 144 cm³/mol. The van der Waals surface area contributed by atoms with Gasteiger partial charge in [0, 0.05) is 16.2 Å². The molecule has 0 unspecified atom stereocenters. The molecule has 1 heteroatoms. The van der Waals surface area contributed by atoms with Gasteiger partial charge < -0.3 is 4.57 Å². The Morgan fingerprint density at radius 3 is 1.91 bits per heavy atom. The standard InChI is InChI=1S/C33H25N/c1-33(2)28-12-6-7-14-31(28)34-30-20-19-25(21-27(30)26-11-8-13-29(33)32(26)34)24-17-15-23(16-18-24)22-9-4-3-5-10-22/h3-21H,1-2H3. The monoisotopic (exact) mass is 435 g/mol. The topological polar surface area (TPSA) is 4.93 Å². The van der Waals surface area contributed by atoms with Crippen molar-refractivity contribution < 1.29 is 0 Å². The average Bonchev–Trinajstić information content (AvgIpc) is 3.22. The predicted octanol–water partition coefficient (Wildman–Crippen LogP) is 8.76. The van der Waals surface area contributed by atoms with Crippen molar-refractivity contribution in [2.24, 2.45) is 0 Å². The summed E-state index contributed by atoms with van der Waals surface area (Å²) < 4.78 is 2.48. The zero-order valence-corrected chi connectivity index (χ0v) is 19.4. The fraction of sp³-hybridized carbons (Fsp3) is 0.0909. The van der Waals surface area contributed by atoms with Gasteiger partial charge in [0.15, 0.2) is 0 Å². The van der Waals surface area contributed by atoms with Crippen LogP contribution in [0.25, 0.3) is 49.7 Å². The fourth-order valence-electron chi connectivity index (χ4n) is 5.83. The number of aromatic nitrogens is 1. The first-order chi connectivity index (χ1) is 16.6. The van der Waals surface area contributed by atoms with Gasteiger partial charge in [-0.05, 0) is 51.6 Å². The van der Waals surface area contributed by atoms with Crippen LogP contribution < -0.4 is 0 Å². The molecule has 0 spiro atoms. The second-order valence-corrected chi connectivity index (χ2v) is 9.85. The van der Waals surface area contributed by atoms with Gasteiger partial charge in [-0.2, -0.15) is 0 Å². The van der Waals surface area contributed by atoms with Crippen LogP contribution in [0, 0.1) is 0 Å². The van der Waals surface area contributed by atoms with Gasteiger partial charge in [-0.15, -0.1) is 0 Å². The van der Waals surface area contributed by atoms with E-state index in [-0.39, 0.29) is 5.41 Å². The Hall–Kier alpha value is -4.10. The summed E-state index contributed by atoms with van der Waals surface area (Å²) in [7, 11) is 0. The molecule has 1 nitrogen and oxygen atoms in total. The Morgan fingerprint density at radius 2 is 1.12 bits per heavy atom. The Morgan fingerprint density at radius 1 is 0.500 bits per heavy atom. The molecule has 0 saturated carbocycles. The quantitative estimate of drug-likeness (QED) is 0.256. The van der Waals surface area contributed by atoms with Crippen LogP contribution in [0.1, 0.15) is 25.0 Å². The molecule has 0 aliphatic carbocycles. The summed E-state index contributed by atoms with van der Waals surface area (Å²) in [6.07, 6.45) is 0. The molecule has 7 rings (SSSR count). The molecule has 0 N–H and O–H groups in total. The van der Waals surface area contributed by atoms with Crippen molar-refractivity contribution >= 4 is 21.8 Å². The molecule has 0 atom stereocenters. The molecular weight excluding hydrogens is 410 g/mol. The van der Waals surface area contributed by atoms with E-state index in [0.29, 0.717) is 0 Å². The van der Waals surface area contributed by atoms with Gasteiger partial charge in [0.05, 0.1) is 16.7 Å². The number of para-hydroxylation sites is 2. The maximum Gasteiger partial charge on any atom is 0.0582 e. The van der Waals surface area contributed by atoms with E-state index in [1.54, 1.807) is 0 Å². The summed E-state index contributed by atoms with van der Waals surface area (Å²) in [5.41, 5.74) is 11.7. The molecule has 162 valence electrons. The highest BCUT2D eigenvalue weighted by atomic mass is 15.0. The van der Waals surface area contributed by atoms with Crippen LogP contribution >= 0.6 is 0 Å². The summed E-state index contributed by atoms with van der Waals surface area (Å²) in [6, 6.07) is 42.1. The summed E-state index contributed by atoms with van der Waals surface area (Å²) >= 11 is 0. The highest BCUT2D eigenvalue weighted by Crippen LogP contribution is 2.47. The van der Waals surface area contributed by atoms with Gasteiger partial charge >= 0.3 is 0 Å². The third-order valence-electron chi connectivity index (χ3n) is 7.60. The van der Waals surface area contributed by atoms with Gasteiger partial charge in [0.2, 0.25) is 0 Å². The van der Waals surface area contributed by atoms with E-state index in [1.165, 1.54) is 60.9 Å². The Kier molecular flexibility index (Phi) is 3.96. The van der Waals surface area contributed by atoms with Crippen LogP contribution in [0.4, 0.5) is 0 Å². The number of benzene rings is 5. The van der Waals surface area contributed by atoms with Crippen LogP contribution in [0.15, 0.2) is 115 Å². The molecule has 0 amide bonds. The summed E-state index contributed by atoms with van der Waals surface area (Å²) in [5.74, 6) is 0. The smallest absolute Gasteiger partial charge is 0.0582 e. The van der Waals surface area contributed by atoms with Crippen molar-refractivity contribution in [1.82, 2.24) is 4.57 Å². The van der Waals surface area contributed by atoms with Gasteiger partial charge in [-0.3, -0.25) is 0 Å². The van der Waals surface area contributed by atoms with Crippen LogP contribution in [0.5, 0.6) is 0 Å². The second kappa shape index (κ2) is 6.95. The van der Waals surface area contributed by atoms with E-state index in [9.17, 15) is 0 Å². The van der Waals surface area contributed by atoms with E-state index >= 15 is 0 Å². The molecule has 1 aliphatic heterocycles. The van der Waals surface area contributed by atoms with Gasteiger partial charge in [-0.25, -0.2) is 0 Å². The van der Waals surface area contributed by atoms with Crippen LogP contribution in [0.2, 0.25) is 0 Å². The van der Waals surface area contributed by atoms with E-state index in [4.69, 9.17) is 0 Å². The van der Waals surface area contributed by atoms with Gasteiger partial charge in [-0.1, -0.05) is 111 Å². The molecule has 0 saturated heterocycles. The van der Waals surface area contributed by atoms with E-state index in [1.807, 2.05) is 0 Å². The average molecular weight is 436 g/mol. The minimum absolute atomic E-state index is 0.0312. The highest BCUT2D eigenvalue weighted by Gasteiger charge is 2.34. The van der Waals surface area contributed by atoms with E-state index in [2.05, 4.69) is 134 Å². The van der Waals surface area contributed by atoms with Crippen molar-refractivity contribution in [2.75, 3.05) is 0 Å². The number of nitrogens with zero attached hydrogens (tertiary/aromatic N) is 1. The zero-order chi connectivity index (χ0) is 22.9.